The molecule has 1 atom stereocenters. The van der Waals surface area contributed by atoms with Gasteiger partial charge in [0.15, 0.2) is 5.82 Å². The predicted molar refractivity (Wildman–Crippen MR) is 88.8 cm³/mol. The molecule has 0 amide bonds. The maximum atomic E-state index is 5.06. The SMILES string of the molecule is Cc1nc(CN(C)[C@H]2CCCN(Cc3ccn(C)c3)CC2)no1. The third kappa shape index (κ3) is 4.42. The summed E-state index contributed by atoms with van der Waals surface area (Å²) in [6.07, 6.45) is 8.01. The van der Waals surface area contributed by atoms with Gasteiger partial charge in [-0.1, -0.05) is 5.16 Å². The van der Waals surface area contributed by atoms with Gasteiger partial charge in [-0.15, -0.1) is 0 Å². The zero-order valence-corrected chi connectivity index (χ0v) is 14.4. The Hall–Kier alpha value is -1.66. The summed E-state index contributed by atoms with van der Waals surface area (Å²) in [5.74, 6) is 1.43. The largest absolute Gasteiger partial charge is 0.357 e. The zero-order chi connectivity index (χ0) is 16.2. The van der Waals surface area contributed by atoms with Crippen LogP contribution in [0.3, 0.4) is 0 Å². The summed E-state index contributed by atoms with van der Waals surface area (Å²) in [5, 5.41) is 4.01. The van der Waals surface area contributed by atoms with Gasteiger partial charge in [0.05, 0.1) is 6.54 Å². The Labute approximate surface area is 138 Å². The second-order valence-corrected chi connectivity index (χ2v) is 6.69. The van der Waals surface area contributed by atoms with Crippen LogP contribution in [-0.2, 0) is 20.1 Å². The molecule has 0 aliphatic carbocycles. The minimum atomic E-state index is 0.592. The van der Waals surface area contributed by atoms with E-state index in [0.29, 0.717) is 11.9 Å². The molecular formula is C17H27N5O. The van der Waals surface area contributed by atoms with Gasteiger partial charge in [0.1, 0.15) is 0 Å². The van der Waals surface area contributed by atoms with Gasteiger partial charge in [0, 0.05) is 39.0 Å². The van der Waals surface area contributed by atoms with Gasteiger partial charge in [0.25, 0.3) is 0 Å². The highest BCUT2D eigenvalue weighted by molar-refractivity contribution is 5.09. The van der Waals surface area contributed by atoms with Crippen LogP contribution in [0.5, 0.6) is 0 Å². The lowest BCUT2D eigenvalue weighted by atomic mass is 10.1. The Kier molecular flexibility index (Phi) is 5.13. The van der Waals surface area contributed by atoms with Crippen LogP contribution in [0.25, 0.3) is 0 Å². The highest BCUT2D eigenvalue weighted by Crippen LogP contribution is 2.19. The van der Waals surface area contributed by atoms with E-state index in [1.807, 2.05) is 6.92 Å². The molecular weight excluding hydrogens is 290 g/mol. The van der Waals surface area contributed by atoms with Crippen LogP contribution in [0, 0.1) is 6.92 Å². The third-order valence-corrected chi connectivity index (χ3v) is 4.67. The second-order valence-electron chi connectivity index (χ2n) is 6.69. The lowest BCUT2D eigenvalue weighted by Crippen LogP contribution is -2.33. The molecule has 0 unspecified atom stereocenters. The molecule has 6 nitrogen and oxygen atoms in total. The van der Waals surface area contributed by atoms with Gasteiger partial charge in [-0.3, -0.25) is 9.80 Å². The van der Waals surface area contributed by atoms with E-state index < -0.39 is 0 Å². The number of hydrogen-bond acceptors (Lipinski definition) is 5. The van der Waals surface area contributed by atoms with Crippen LogP contribution in [0.1, 0.15) is 36.5 Å². The van der Waals surface area contributed by atoms with E-state index >= 15 is 0 Å². The number of nitrogens with zero attached hydrogens (tertiary/aromatic N) is 5. The standard InChI is InChI=1S/C17H27N5O/c1-14-18-17(19-23-14)13-21(3)16-5-4-8-22(10-7-16)12-15-6-9-20(2)11-15/h6,9,11,16H,4-5,7-8,10,12-13H2,1-3H3/t16-/m0/s1. The van der Waals surface area contributed by atoms with Crippen molar-refractivity contribution in [2.75, 3.05) is 20.1 Å². The van der Waals surface area contributed by atoms with Crippen molar-refractivity contribution in [3.8, 4) is 0 Å². The Morgan fingerprint density at radius 1 is 1.35 bits per heavy atom. The highest BCUT2D eigenvalue weighted by atomic mass is 16.5. The summed E-state index contributed by atoms with van der Waals surface area (Å²) < 4.78 is 7.19. The molecule has 0 radical (unpaired) electrons. The number of hydrogen-bond donors (Lipinski definition) is 0. The molecule has 3 heterocycles. The van der Waals surface area contributed by atoms with E-state index in [4.69, 9.17) is 4.52 Å². The minimum Gasteiger partial charge on any atom is -0.357 e. The molecule has 2 aromatic heterocycles. The van der Waals surface area contributed by atoms with Gasteiger partial charge in [-0.2, -0.15) is 4.98 Å². The fraction of sp³-hybridized carbons (Fsp3) is 0.647. The second kappa shape index (κ2) is 7.27. The van der Waals surface area contributed by atoms with E-state index in [1.54, 1.807) is 0 Å². The molecule has 6 heteroatoms. The monoisotopic (exact) mass is 317 g/mol. The van der Waals surface area contributed by atoms with Crippen LogP contribution in [0.15, 0.2) is 23.0 Å². The van der Waals surface area contributed by atoms with Crippen molar-refractivity contribution in [1.82, 2.24) is 24.5 Å². The Balaban J connectivity index is 1.51. The lowest BCUT2D eigenvalue weighted by molar-refractivity contribution is 0.200. The van der Waals surface area contributed by atoms with E-state index in [0.717, 1.165) is 25.5 Å². The molecule has 0 spiro atoms. The van der Waals surface area contributed by atoms with Crippen LogP contribution in [0.4, 0.5) is 0 Å². The van der Waals surface area contributed by atoms with Crippen molar-refractivity contribution in [3.05, 3.63) is 35.7 Å². The summed E-state index contributed by atoms with van der Waals surface area (Å²) in [5.41, 5.74) is 1.40. The number of likely N-dealkylation sites (tertiary alicyclic amines) is 1. The average molecular weight is 317 g/mol. The van der Waals surface area contributed by atoms with Crippen molar-refractivity contribution in [3.63, 3.8) is 0 Å². The van der Waals surface area contributed by atoms with Crippen LogP contribution >= 0.6 is 0 Å². The van der Waals surface area contributed by atoms with Crippen molar-refractivity contribution < 1.29 is 4.52 Å². The highest BCUT2D eigenvalue weighted by Gasteiger charge is 2.21. The molecule has 126 valence electrons. The summed E-state index contributed by atoms with van der Waals surface area (Å²) in [6.45, 7) is 5.99. The number of rotatable bonds is 5. The molecule has 0 N–H and O–H groups in total. The fourth-order valence-corrected chi connectivity index (χ4v) is 3.41. The molecule has 1 aliphatic rings. The number of aromatic nitrogens is 3. The van der Waals surface area contributed by atoms with E-state index in [9.17, 15) is 0 Å². The van der Waals surface area contributed by atoms with Crippen molar-refractivity contribution >= 4 is 0 Å². The van der Waals surface area contributed by atoms with E-state index in [1.165, 1.54) is 31.4 Å². The van der Waals surface area contributed by atoms with Gasteiger partial charge in [0.2, 0.25) is 5.89 Å². The smallest absolute Gasteiger partial charge is 0.223 e. The minimum absolute atomic E-state index is 0.592. The summed E-state index contributed by atoms with van der Waals surface area (Å²) >= 11 is 0. The first-order valence-electron chi connectivity index (χ1n) is 8.43. The Bertz CT molecular complexity index is 620. The van der Waals surface area contributed by atoms with Gasteiger partial charge >= 0.3 is 0 Å². The van der Waals surface area contributed by atoms with Gasteiger partial charge in [-0.25, -0.2) is 0 Å². The number of aryl methyl sites for hydroxylation is 2. The quantitative estimate of drug-likeness (QED) is 0.846. The first-order chi connectivity index (χ1) is 11.1. The lowest BCUT2D eigenvalue weighted by Gasteiger charge is -2.26. The van der Waals surface area contributed by atoms with Gasteiger partial charge < -0.3 is 9.09 Å². The van der Waals surface area contributed by atoms with Crippen LogP contribution in [-0.4, -0.2) is 50.7 Å². The molecule has 1 saturated heterocycles. The predicted octanol–water partition coefficient (Wildman–Crippen LogP) is 2.20. The molecule has 0 aromatic carbocycles. The van der Waals surface area contributed by atoms with Crippen molar-refractivity contribution in [1.29, 1.82) is 0 Å². The Morgan fingerprint density at radius 2 is 2.22 bits per heavy atom. The molecule has 23 heavy (non-hydrogen) atoms. The van der Waals surface area contributed by atoms with Crippen molar-refractivity contribution in [2.45, 2.75) is 45.3 Å². The zero-order valence-electron chi connectivity index (χ0n) is 14.4. The molecule has 1 aliphatic heterocycles. The molecule has 3 rings (SSSR count). The third-order valence-electron chi connectivity index (χ3n) is 4.67. The first kappa shape index (κ1) is 16.2. The maximum Gasteiger partial charge on any atom is 0.223 e. The molecule has 0 saturated carbocycles. The topological polar surface area (TPSA) is 50.3 Å². The average Bonchev–Trinajstić information content (AvgIpc) is 3.02. The molecule has 1 fully saturated rings. The molecule has 0 bridgehead atoms. The van der Waals surface area contributed by atoms with Crippen LogP contribution in [0.2, 0.25) is 0 Å². The Morgan fingerprint density at radius 3 is 2.91 bits per heavy atom. The molecule has 2 aromatic rings. The fourth-order valence-electron chi connectivity index (χ4n) is 3.41. The van der Waals surface area contributed by atoms with E-state index in [-0.39, 0.29) is 0 Å². The maximum absolute atomic E-state index is 5.06. The van der Waals surface area contributed by atoms with Crippen molar-refractivity contribution in [2.24, 2.45) is 7.05 Å². The van der Waals surface area contributed by atoms with Gasteiger partial charge in [-0.05, 0) is 51.0 Å². The normalized spacial score (nSPS) is 20.1. The van der Waals surface area contributed by atoms with Crippen LogP contribution < -0.4 is 0 Å². The summed E-state index contributed by atoms with van der Waals surface area (Å²) in [7, 11) is 4.25. The van der Waals surface area contributed by atoms with E-state index in [2.05, 4.69) is 57.1 Å². The first-order valence-corrected chi connectivity index (χ1v) is 8.43. The summed E-state index contributed by atoms with van der Waals surface area (Å²) in [4.78, 5) is 9.25. The summed E-state index contributed by atoms with van der Waals surface area (Å²) in [6, 6.07) is 2.81.